The van der Waals surface area contributed by atoms with E-state index in [-0.39, 0.29) is 0 Å². The van der Waals surface area contributed by atoms with Crippen molar-refractivity contribution in [2.75, 3.05) is 0 Å². The molecule has 1 atom stereocenters. The van der Waals surface area contributed by atoms with Crippen molar-refractivity contribution in [3.63, 3.8) is 0 Å². The van der Waals surface area contributed by atoms with Gasteiger partial charge in [-0.1, -0.05) is 12.1 Å². The van der Waals surface area contributed by atoms with Gasteiger partial charge in [-0.3, -0.25) is 16.0 Å². The van der Waals surface area contributed by atoms with Crippen LogP contribution in [0.1, 0.15) is 22.7 Å². The maximum atomic E-state index is 12.7. The van der Waals surface area contributed by atoms with Gasteiger partial charge in [0.05, 0.1) is 17.8 Å². The van der Waals surface area contributed by atoms with Crippen LogP contribution in [0.5, 0.6) is 0 Å². The molecule has 0 saturated heterocycles. The Hall–Kier alpha value is -1.86. The zero-order valence-electron chi connectivity index (χ0n) is 10.9. The average Bonchev–Trinajstić information content (AvgIpc) is 2.81. The van der Waals surface area contributed by atoms with Crippen molar-refractivity contribution in [1.29, 1.82) is 0 Å². The fraction of sp³-hybridized carbons (Fsp3) is 0.308. The van der Waals surface area contributed by atoms with Gasteiger partial charge >= 0.3 is 6.18 Å². The number of aryl methyl sites for hydroxylation is 1. The molecule has 2 aromatic rings. The summed E-state index contributed by atoms with van der Waals surface area (Å²) in [6, 6.07) is 4.76. The van der Waals surface area contributed by atoms with Gasteiger partial charge in [-0.15, -0.1) is 0 Å². The summed E-state index contributed by atoms with van der Waals surface area (Å²) in [7, 11) is 1.78. The van der Waals surface area contributed by atoms with E-state index in [1.807, 2.05) is 0 Å². The molecule has 1 aromatic carbocycles. The van der Waals surface area contributed by atoms with Gasteiger partial charge in [0.1, 0.15) is 0 Å². The van der Waals surface area contributed by atoms with E-state index in [9.17, 15) is 13.2 Å². The fourth-order valence-corrected chi connectivity index (χ4v) is 2.02. The number of hydrogen-bond donors (Lipinski definition) is 2. The summed E-state index contributed by atoms with van der Waals surface area (Å²) in [6.07, 6.45) is -0.426. The molecule has 0 bridgehead atoms. The van der Waals surface area contributed by atoms with Gasteiger partial charge in [0.2, 0.25) is 0 Å². The Morgan fingerprint density at radius 1 is 1.40 bits per heavy atom. The van der Waals surface area contributed by atoms with E-state index in [2.05, 4.69) is 10.5 Å². The van der Waals surface area contributed by atoms with Crippen molar-refractivity contribution in [1.82, 2.24) is 15.2 Å². The van der Waals surface area contributed by atoms with Gasteiger partial charge < -0.3 is 0 Å². The zero-order valence-corrected chi connectivity index (χ0v) is 10.9. The average molecular weight is 284 g/mol. The normalized spacial score (nSPS) is 13.4. The van der Waals surface area contributed by atoms with Gasteiger partial charge in [-0.2, -0.15) is 18.3 Å². The molecule has 0 radical (unpaired) electrons. The fourth-order valence-electron chi connectivity index (χ4n) is 2.02. The Morgan fingerprint density at radius 3 is 2.70 bits per heavy atom. The highest BCUT2D eigenvalue weighted by atomic mass is 19.4. The lowest BCUT2D eigenvalue weighted by molar-refractivity contribution is -0.137. The minimum absolute atomic E-state index is 0.401. The van der Waals surface area contributed by atoms with Crippen molar-refractivity contribution >= 4 is 0 Å². The van der Waals surface area contributed by atoms with Crippen LogP contribution in [0, 0.1) is 0 Å². The van der Waals surface area contributed by atoms with E-state index in [0.29, 0.717) is 12.0 Å². The summed E-state index contributed by atoms with van der Waals surface area (Å²) in [4.78, 5) is 0. The second-order valence-corrected chi connectivity index (χ2v) is 4.57. The monoisotopic (exact) mass is 284 g/mol. The van der Waals surface area contributed by atoms with Crippen molar-refractivity contribution in [2.24, 2.45) is 12.9 Å². The van der Waals surface area contributed by atoms with Crippen LogP contribution in [-0.4, -0.2) is 9.78 Å². The molecule has 1 aromatic heterocycles. The van der Waals surface area contributed by atoms with Crippen molar-refractivity contribution in [3.8, 4) is 0 Å². The van der Waals surface area contributed by atoms with E-state index in [4.69, 9.17) is 5.84 Å². The van der Waals surface area contributed by atoms with Crippen molar-refractivity contribution in [2.45, 2.75) is 18.6 Å². The van der Waals surface area contributed by atoms with Crippen molar-refractivity contribution in [3.05, 3.63) is 53.3 Å². The zero-order chi connectivity index (χ0) is 14.8. The lowest BCUT2D eigenvalue weighted by Crippen LogP contribution is -2.29. The summed E-state index contributed by atoms with van der Waals surface area (Å²) >= 11 is 0. The maximum Gasteiger partial charge on any atom is 0.416 e. The number of nitrogens with zero attached hydrogens (tertiary/aromatic N) is 2. The predicted octanol–water partition coefficient (Wildman–Crippen LogP) is 2.19. The third kappa shape index (κ3) is 3.37. The first-order valence-electron chi connectivity index (χ1n) is 6.01. The second kappa shape index (κ2) is 5.64. The first-order chi connectivity index (χ1) is 9.40. The van der Waals surface area contributed by atoms with Crippen LogP contribution >= 0.6 is 0 Å². The molecule has 0 amide bonds. The van der Waals surface area contributed by atoms with Crippen LogP contribution in [0.2, 0.25) is 0 Å². The number of hydrazine groups is 1. The van der Waals surface area contributed by atoms with Crippen LogP contribution in [0.15, 0.2) is 36.7 Å². The highest BCUT2D eigenvalue weighted by molar-refractivity contribution is 5.29. The quantitative estimate of drug-likeness (QED) is 0.668. The highest BCUT2D eigenvalue weighted by Gasteiger charge is 2.30. The summed E-state index contributed by atoms with van der Waals surface area (Å²) in [5, 5.41) is 4.02. The Kier molecular flexibility index (Phi) is 4.10. The number of hydrogen-bond acceptors (Lipinski definition) is 3. The van der Waals surface area contributed by atoms with E-state index in [1.54, 1.807) is 30.2 Å². The highest BCUT2D eigenvalue weighted by Crippen LogP contribution is 2.31. The Labute approximate surface area is 114 Å². The number of nitrogens with one attached hydrogen (secondary N) is 1. The molecule has 2 rings (SSSR count). The first kappa shape index (κ1) is 14.5. The molecule has 7 heteroatoms. The number of nitrogens with two attached hydrogens (primary N) is 1. The molecule has 20 heavy (non-hydrogen) atoms. The molecule has 0 aliphatic carbocycles. The Morgan fingerprint density at radius 2 is 2.15 bits per heavy atom. The molecule has 4 nitrogen and oxygen atoms in total. The van der Waals surface area contributed by atoms with Crippen molar-refractivity contribution < 1.29 is 13.2 Å². The van der Waals surface area contributed by atoms with E-state index in [1.165, 1.54) is 6.07 Å². The van der Waals surface area contributed by atoms with Gasteiger partial charge in [-0.05, 0) is 29.7 Å². The minimum atomic E-state index is -4.36. The number of alkyl halides is 3. The molecule has 0 aliphatic heterocycles. The predicted molar refractivity (Wildman–Crippen MR) is 68.4 cm³/mol. The number of rotatable bonds is 4. The summed E-state index contributed by atoms with van der Waals surface area (Å²) in [5.74, 6) is 5.46. The maximum absolute atomic E-state index is 12.7. The number of benzene rings is 1. The molecular formula is C13H15F3N4. The van der Waals surface area contributed by atoms with Crippen LogP contribution in [0.25, 0.3) is 0 Å². The second-order valence-electron chi connectivity index (χ2n) is 4.57. The van der Waals surface area contributed by atoms with Crippen LogP contribution < -0.4 is 11.3 Å². The molecular weight excluding hydrogens is 269 g/mol. The molecule has 108 valence electrons. The molecule has 0 aliphatic rings. The standard InChI is InChI=1S/C13H15F3N4/c1-20-8-9(7-18-20)5-12(19-17)10-3-2-4-11(6-10)13(14,15)16/h2-4,6-8,12,19H,5,17H2,1H3. The third-order valence-electron chi connectivity index (χ3n) is 3.02. The molecule has 0 fully saturated rings. The van der Waals surface area contributed by atoms with Crippen LogP contribution in [-0.2, 0) is 19.6 Å². The van der Waals surface area contributed by atoms with Gasteiger partial charge in [0.25, 0.3) is 0 Å². The summed E-state index contributed by atoms with van der Waals surface area (Å²) in [6.45, 7) is 0. The number of aromatic nitrogens is 2. The molecule has 1 heterocycles. The lowest BCUT2D eigenvalue weighted by Gasteiger charge is -2.17. The Bertz CT molecular complexity index is 577. The third-order valence-corrected chi connectivity index (χ3v) is 3.02. The summed E-state index contributed by atoms with van der Waals surface area (Å²) < 4.78 is 39.7. The molecule has 0 spiro atoms. The van der Waals surface area contributed by atoms with E-state index >= 15 is 0 Å². The lowest BCUT2D eigenvalue weighted by atomic mass is 9.99. The van der Waals surface area contributed by atoms with E-state index in [0.717, 1.165) is 17.7 Å². The number of halogens is 3. The largest absolute Gasteiger partial charge is 0.416 e. The Balaban J connectivity index is 2.23. The van der Waals surface area contributed by atoms with Gasteiger partial charge in [0, 0.05) is 13.2 Å². The summed E-state index contributed by atoms with van der Waals surface area (Å²) in [5.41, 5.74) is 3.26. The SMILES string of the molecule is Cn1cc(CC(NN)c2cccc(C(F)(F)F)c2)cn1. The molecule has 1 unspecified atom stereocenters. The topological polar surface area (TPSA) is 55.9 Å². The van der Waals surface area contributed by atoms with Gasteiger partial charge in [0.15, 0.2) is 0 Å². The molecule has 3 N–H and O–H groups in total. The molecule has 0 saturated carbocycles. The van der Waals surface area contributed by atoms with E-state index < -0.39 is 17.8 Å². The van der Waals surface area contributed by atoms with Crippen LogP contribution in [0.3, 0.4) is 0 Å². The van der Waals surface area contributed by atoms with Gasteiger partial charge in [-0.25, -0.2) is 0 Å². The minimum Gasteiger partial charge on any atom is -0.276 e. The van der Waals surface area contributed by atoms with Crippen LogP contribution in [0.4, 0.5) is 13.2 Å². The first-order valence-corrected chi connectivity index (χ1v) is 6.01. The smallest absolute Gasteiger partial charge is 0.276 e.